The van der Waals surface area contributed by atoms with E-state index in [4.69, 9.17) is 10.5 Å². The van der Waals surface area contributed by atoms with Crippen LogP contribution in [0.15, 0.2) is 36.4 Å². The van der Waals surface area contributed by atoms with Crippen molar-refractivity contribution in [2.75, 3.05) is 0 Å². The second kappa shape index (κ2) is 5.68. The Kier molecular flexibility index (Phi) is 3.75. The Morgan fingerprint density at radius 1 is 1.00 bits per heavy atom. The smallest absolute Gasteiger partial charge is 0.132 e. The third kappa shape index (κ3) is 2.70. The molecule has 0 bridgehead atoms. The highest BCUT2D eigenvalue weighted by molar-refractivity contribution is 5.43. The molecule has 1 aliphatic rings. The highest BCUT2D eigenvalue weighted by atomic mass is 16.5. The molecule has 0 aromatic heterocycles. The number of benzene rings is 2. The highest BCUT2D eigenvalue weighted by Gasteiger charge is 2.11. The van der Waals surface area contributed by atoms with E-state index in [1.807, 2.05) is 6.07 Å². The first-order valence-corrected chi connectivity index (χ1v) is 7.35. The largest absolute Gasteiger partial charge is 0.457 e. The maximum absolute atomic E-state index is 6.07. The minimum Gasteiger partial charge on any atom is -0.457 e. The van der Waals surface area contributed by atoms with Gasteiger partial charge in [-0.25, -0.2) is 0 Å². The number of hydrogen-bond donors (Lipinski definition) is 1. The van der Waals surface area contributed by atoms with Crippen molar-refractivity contribution in [2.24, 2.45) is 5.73 Å². The molecule has 2 aromatic rings. The predicted molar refractivity (Wildman–Crippen MR) is 82.2 cm³/mol. The lowest BCUT2D eigenvalue weighted by Crippen LogP contribution is -2.03. The quantitative estimate of drug-likeness (QED) is 0.907. The zero-order valence-electron chi connectivity index (χ0n) is 12.0. The fraction of sp³-hybridized carbons (Fsp3) is 0.333. The lowest BCUT2D eigenvalue weighted by atomic mass is 9.92. The van der Waals surface area contributed by atoms with Gasteiger partial charge in [-0.3, -0.25) is 0 Å². The third-order valence-electron chi connectivity index (χ3n) is 3.99. The first-order valence-electron chi connectivity index (χ1n) is 7.35. The van der Waals surface area contributed by atoms with Crippen molar-refractivity contribution in [3.8, 4) is 11.5 Å². The molecule has 0 radical (unpaired) electrons. The van der Waals surface area contributed by atoms with Gasteiger partial charge in [-0.05, 0) is 67.5 Å². The van der Waals surface area contributed by atoms with Crippen LogP contribution < -0.4 is 10.5 Å². The molecule has 2 N–H and O–H groups in total. The van der Waals surface area contributed by atoms with Crippen LogP contribution in [0, 0.1) is 6.92 Å². The molecule has 0 amide bonds. The SMILES string of the molecule is Cc1ccc(CN)c(Oc2ccc3c(c2)CCCC3)c1. The van der Waals surface area contributed by atoms with E-state index in [9.17, 15) is 0 Å². The highest BCUT2D eigenvalue weighted by Crippen LogP contribution is 2.30. The average molecular weight is 267 g/mol. The summed E-state index contributed by atoms with van der Waals surface area (Å²) in [6.45, 7) is 2.57. The lowest BCUT2D eigenvalue weighted by molar-refractivity contribution is 0.474. The standard InChI is InChI=1S/C18H21NO/c1-13-6-7-16(12-19)18(10-13)20-17-9-8-14-4-2-3-5-15(14)11-17/h6-11H,2-5,12,19H2,1H3. The molecule has 2 aromatic carbocycles. The van der Waals surface area contributed by atoms with Gasteiger partial charge in [-0.15, -0.1) is 0 Å². The molecule has 0 atom stereocenters. The number of hydrogen-bond acceptors (Lipinski definition) is 2. The average Bonchev–Trinajstić information content (AvgIpc) is 2.47. The number of nitrogens with two attached hydrogens (primary N) is 1. The van der Waals surface area contributed by atoms with Crippen LogP contribution in [0.3, 0.4) is 0 Å². The second-order valence-corrected chi connectivity index (χ2v) is 5.55. The Morgan fingerprint density at radius 2 is 1.80 bits per heavy atom. The number of aryl methyl sites for hydroxylation is 3. The van der Waals surface area contributed by atoms with Gasteiger partial charge in [0.2, 0.25) is 0 Å². The second-order valence-electron chi connectivity index (χ2n) is 5.55. The van der Waals surface area contributed by atoms with Gasteiger partial charge in [0.25, 0.3) is 0 Å². The predicted octanol–water partition coefficient (Wildman–Crippen LogP) is 4.12. The van der Waals surface area contributed by atoms with Crippen LogP contribution in [0.1, 0.15) is 35.1 Å². The molecule has 104 valence electrons. The Hall–Kier alpha value is -1.80. The molecule has 3 rings (SSSR count). The Morgan fingerprint density at radius 3 is 2.60 bits per heavy atom. The molecule has 20 heavy (non-hydrogen) atoms. The van der Waals surface area contributed by atoms with Crippen molar-refractivity contribution < 1.29 is 4.74 Å². The van der Waals surface area contributed by atoms with Gasteiger partial charge >= 0.3 is 0 Å². The van der Waals surface area contributed by atoms with Crippen LogP contribution in [0.2, 0.25) is 0 Å². The zero-order valence-corrected chi connectivity index (χ0v) is 12.0. The fourth-order valence-corrected chi connectivity index (χ4v) is 2.83. The van der Waals surface area contributed by atoms with E-state index in [0.29, 0.717) is 6.54 Å². The van der Waals surface area contributed by atoms with Gasteiger partial charge in [0.1, 0.15) is 11.5 Å². The lowest BCUT2D eigenvalue weighted by Gasteiger charge is -2.17. The number of ether oxygens (including phenoxy) is 1. The summed E-state index contributed by atoms with van der Waals surface area (Å²) in [7, 11) is 0. The van der Waals surface area contributed by atoms with E-state index < -0.39 is 0 Å². The van der Waals surface area contributed by atoms with E-state index in [1.165, 1.54) is 42.4 Å². The Labute approximate surface area is 120 Å². The first-order chi connectivity index (χ1) is 9.76. The van der Waals surface area contributed by atoms with Crippen molar-refractivity contribution >= 4 is 0 Å². The molecule has 0 spiro atoms. The van der Waals surface area contributed by atoms with Crippen LogP contribution in [0.25, 0.3) is 0 Å². The zero-order chi connectivity index (χ0) is 13.9. The summed E-state index contributed by atoms with van der Waals surface area (Å²) in [5, 5.41) is 0. The molecule has 0 heterocycles. The van der Waals surface area contributed by atoms with Crippen molar-refractivity contribution in [1.29, 1.82) is 0 Å². The fourth-order valence-electron chi connectivity index (χ4n) is 2.83. The maximum atomic E-state index is 6.07. The van der Waals surface area contributed by atoms with E-state index in [-0.39, 0.29) is 0 Å². The molecule has 2 nitrogen and oxygen atoms in total. The summed E-state index contributed by atoms with van der Waals surface area (Å²) < 4.78 is 6.07. The molecule has 2 heteroatoms. The first kappa shape index (κ1) is 13.2. The van der Waals surface area contributed by atoms with E-state index in [2.05, 4.69) is 37.3 Å². The van der Waals surface area contributed by atoms with Gasteiger partial charge < -0.3 is 10.5 Å². The molecule has 0 aliphatic heterocycles. The van der Waals surface area contributed by atoms with Crippen molar-refractivity contribution in [3.05, 3.63) is 58.7 Å². The molecule has 0 unspecified atom stereocenters. The minimum absolute atomic E-state index is 0.501. The topological polar surface area (TPSA) is 35.2 Å². The maximum Gasteiger partial charge on any atom is 0.132 e. The van der Waals surface area contributed by atoms with Crippen molar-refractivity contribution in [2.45, 2.75) is 39.2 Å². The summed E-state index contributed by atoms with van der Waals surface area (Å²) in [5.74, 6) is 1.80. The van der Waals surface area contributed by atoms with Crippen LogP contribution in [-0.2, 0) is 19.4 Å². The number of fused-ring (bicyclic) bond motifs is 1. The Balaban J connectivity index is 1.89. The van der Waals surface area contributed by atoms with Gasteiger partial charge in [0, 0.05) is 12.1 Å². The van der Waals surface area contributed by atoms with Crippen LogP contribution >= 0.6 is 0 Å². The van der Waals surface area contributed by atoms with Crippen LogP contribution in [0.5, 0.6) is 11.5 Å². The summed E-state index contributed by atoms with van der Waals surface area (Å²) in [6, 6.07) is 12.7. The molecule has 1 aliphatic carbocycles. The van der Waals surface area contributed by atoms with Crippen molar-refractivity contribution in [1.82, 2.24) is 0 Å². The summed E-state index contributed by atoms with van der Waals surface area (Å²) in [6.07, 6.45) is 4.97. The summed E-state index contributed by atoms with van der Waals surface area (Å²) >= 11 is 0. The summed E-state index contributed by atoms with van der Waals surface area (Å²) in [4.78, 5) is 0. The van der Waals surface area contributed by atoms with Crippen LogP contribution in [0.4, 0.5) is 0 Å². The van der Waals surface area contributed by atoms with Gasteiger partial charge in [-0.2, -0.15) is 0 Å². The van der Waals surface area contributed by atoms with E-state index in [1.54, 1.807) is 0 Å². The summed E-state index contributed by atoms with van der Waals surface area (Å²) in [5.41, 5.74) is 10.9. The molecule has 0 saturated carbocycles. The minimum atomic E-state index is 0.501. The van der Waals surface area contributed by atoms with E-state index in [0.717, 1.165) is 17.1 Å². The molecule has 0 fully saturated rings. The molecular weight excluding hydrogens is 246 g/mol. The van der Waals surface area contributed by atoms with Crippen LogP contribution in [-0.4, -0.2) is 0 Å². The molecular formula is C18H21NO. The van der Waals surface area contributed by atoms with Gasteiger partial charge in [-0.1, -0.05) is 18.2 Å². The molecule has 0 saturated heterocycles. The van der Waals surface area contributed by atoms with Crippen molar-refractivity contribution in [3.63, 3.8) is 0 Å². The third-order valence-corrected chi connectivity index (χ3v) is 3.99. The normalized spacial score (nSPS) is 13.9. The van der Waals surface area contributed by atoms with Gasteiger partial charge in [0.15, 0.2) is 0 Å². The van der Waals surface area contributed by atoms with E-state index >= 15 is 0 Å². The van der Waals surface area contributed by atoms with Gasteiger partial charge in [0.05, 0.1) is 0 Å². The monoisotopic (exact) mass is 267 g/mol. The Bertz CT molecular complexity index is 619. The number of rotatable bonds is 3.